The van der Waals surface area contributed by atoms with Crippen molar-refractivity contribution in [2.75, 3.05) is 31.1 Å². The van der Waals surface area contributed by atoms with E-state index in [1.165, 1.54) is 0 Å². The highest BCUT2D eigenvalue weighted by Crippen LogP contribution is 2.14. The molecule has 4 heteroatoms. The van der Waals surface area contributed by atoms with Gasteiger partial charge >= 0.3 is 0 Å². The zero-order valence-electron chi connectivity index (χ0n) is 10.9. The molecule has 0 aliphatic carbocycles. The molecular formula is C14H21N3O. The molecule has 1 aliphatic heterocycles. The van der Waals surface area contributed by atoms with Crippen LogP contribution in [0.2, 0.25) is 0 Å². The molecule has 1 aromatic rings. The summed E-state index contributed by atoms with van der Waals surface area (Å²) in [7, 11) is 0. The number of carbonyl (C=O) groups excluding carboxylic acids is 1. The molecule has 1 atom stereocenters. The van der Waals surface area contributed by atoms with Crippen LogP contribution in [0, 0.1) is 0 Å². The molecule has 0 saturated carbocycles. The third kappa shape index (κ3) is 3.09. The summed E-state index contributed by atoms with van der Waals surface area (Å²) in [6.45, 7) is 4.93. The molecule has 1 saturated heterocycles. The molecule has 1 aromatic carbocycles. The average molecular weight is 247 g/mol. The SMILES string of the molecule is CCN(C(=O)CN1CC[C@H](N)C1)c1ccccc1. The number of hydrogen-bond acceptors (Lipinski definition) is 3. The lowest BCUT2D eigenvalue weighted by molar-refractivity contribution is -0.119. The third-order valence-corrected chi connectivity index (χ3v) is 3.35. The highest BCUT2D eigenvalue weighted by Gasteiger charge is 2.23. The highest BCUT2D eigenvalue weighted by atomic mass is 16.2. The molecule has 2 rings (SSSR count). The predicted molar refractivity (Wildman–Crippen MR) is 73.5 cm³/mol. The lowest BCUT2D eigenvalue weighted by Crippen LogP contribution is -2.40. The summed E-state index contributed by atoms with van der Waals surface area (Å²) in [4.78, 5) is 16.2. The Morgan fingerprint density at radius 2 is 2.17 bits per heavy atom. The van der Waals surface area contributed by atoms with E-state index in [-0.39, 0.29) is 11.9 Å². The molecule has 1 aliphatic rings. The van der Waals surface area contributed by atoms with Gasteiger partial charge in [0.25, 0.3) is 0 Å². The summed E-state index contributed by atoms with van der Waals surface area (Å²) >= 11 is 0. The summed E-state index contributed by atoms with van der Waals surface area (Å²) in [5.74, 6) is 0.151. The second-order valence-electron chi connectivity index (χ2n) is 4.76. The van der Waals surface area contributed by atoms with E-state index in [0.29, 0.717) is 13.1 Å². The summed E-state index contributed by atoms with van der Waals surface area (Å²) in [6.07, 6.45) is 0.991. The minimum Gasteiger partial charge on any atom is -0.326 e. The van der Waals surface area contributed by atoms with Crippen molar-refractivity contribution >= 4 is 11.6 Å². The van der Waals surface area contributed by atoms with Gasteiger partial charge in [-0.1, -0.05) is 18.2 Å². The second kappa shape index (κ2) is 5.98. The minimum absolute atomic E-state index is 0.151. The van der Waals surface area contributed by atoms with Gasteiger partial charge in [0.15, 0.2) is 0 Å². The molecule has 2 N–H and O–H groups in total. The quantitative estimate of drug-likeness (QED) is 0.866. The number of benzene rings is 1. The second-order valence-corrected chi connectivity index (χ2v) is 4.76. The molecular weight excluding hydrogens is 226 g/mol. The van der Waals surface area contributed by atoms with E-state index in [0.717, 1.165) is 25.2 Å². The molecule has 0 bridgehead atoms. The molecule has 0 unspecified atom stereocenters. The van der Waals surface area contributed by atoms with Gasteiger partial charge in [0.05, 0.1) is 6.54 Å². The number of anilines is 1. The fourth-order valence-electron chi connectivity index (χ4n) is 2.39. The number of carbonyl (C=O) groups is 1. The number of nitrogens with two attached hydrogens (primary N) is 1. The van der Waals surface area contributed by atoms with Gasteiger partial charge in [0.2, 0.25) is 5.91 Å². The fraction of sp³-hybridized carbons (Fsp3) is 0.500. The Kier molecular flexibility index (Phi) is 4.33. The van der Waals surface area contributed by atoms with Gasteiger partial charge in [0.1, 0.15) is 0 Å². The van der Waals surface area contributed by atoms with Crippen molar-refractivity contribution in [2.24, 2.45) is 5.73 Å². The maximum atomic E-state index is 12.3. The number of likely N-dealkylation sites (tertiary alicyclic amines) is 1. The molecule has 1 heterocycles. The highest BCUT2D eigenvalue weighted by molar-refractivity contribution is 5.94. The normalized spacial score (nSPS) is 20.0. The van der Waals surface area contributed by atoms with Gasteiger partial charge in [-0.2, -0.15) is 0 Å². The van der Waals surface area contributed by atoms with Crippen molar-refractivity contribution in [3.8, 4) is 0 Å². The summed E-state index contributed by atoms with van der Waals surface area (Å²) < 4.78 is 0. The molecule has 18 heavy (non-hydrogen) atoms. The first kappa shape index (κ1) is 13.1. The zero-order chi connectivity index (χ0) is 13.0. The Morgan fingerprint density at radius 3 is 2.72 bits per heavy atom. The standard InChI is InChI=1S/C14H21N3O/c1-2-17(13-6-4-3-5-7-13)14(18)11-16-9-8-12(15)10-16/h3-7,12H,2,8-11,15H2,1H3/t12-/m0/s1. The number of likely N-dealkylation sites (N-methyl/N-ethyl adjacent to an activating group) is 1. The summed E-state index contributed by atoms with van der Waals surface area (Å²) in [5, 5.41) is 0. The van der Waals surface area contributed by atoms with Crippen LogP contribution in [0.4, 0.5) is 5.69 Å². The van der Waals surface area contributed by atoms with Crippen molar-refractivity contribution in [1.82, 2.24) is 4.90 Å². The van der Waals surface area contributed by atoms with Crippen molar-refractivity contribution in [1.29, 1.82) is 0 Å². The van der Waals surface area contributed by atoms with E-state index in [1.54, 1.807) is 0 Å². The van der Waals surface area contributed by atoms with Crippen LogP contribution in [-0.2, 0) is 4.79 Å². The number of hydrogen-bond donors (Lipinski definition) is 1. The third-order valence-electron chi connectivity index (χ3n) is 3.35. The van der Waals surface area contributed by atoms with Crippen molar-refractivity contribution in [2.45, 2.75) is 19.4 Å². The number of nitrogens with zero attached hydrogens (tertiary/aromatic N) is 2. The fourth-order valence-corrected chi connectivity index (χ4v) is 2.39. The van der Waals surface area contributed by atoms with Crippen LogP contribution in [0.15, 0.2) is 30.3 Å². The molecule has 1 amide bonds. The van der Waals surface area contributed by atoms with Gasteiger partial charge in [0, 0.05) is 31.4 Å². The Labute approximate surface area is 108 Å². The van der Waals surface area contributed by atoms with Crippen LogP contribution in [-0.4, -0.2) is 43.0 Å². The number of rotatable bonds is 4. The molecule has 0 radical (unpaired) electrons. The first-order chi connectivity index (χ1) is 8.70. The molecule has 98 valence electrons. The Morgan fingerprint density at radius 1 is 1.44 bits per heavy atom. The molecule has 4 nitrogen and oxygen atoms in total. The molecule has 0 spiro atoms. The molecule has 1 fully saturated rings. The smallest absolute Gasteiger partial charge is 0.241 e. The van der Waals surface area contributed by atoms with Crippen LogP contribution < -0.4 is 10.6 Å². The maximum absolute atomic E-state index is 12.3. The average Bonchev–Trinajstić information content (AvgIpc) is 2.77. The monoisotopic (exact) mass is 247 g/mol. The van der Waals surface area contributed by atoms with E-state index >= 15 is 0 Å². The van der Waals surface area contributed by atoms with Crippen LogP contribution in [0.3, 0.4) is 0 Å². The zero-order valence-corrected chi connectivity index (χ0v) is 10.9. The van der Waals surface area contributed by atoms with Crippen LogP contribution in [0.1, 0.15) is 13.3 Å². The first-order valence-electron chi connectivity index (χ1n) is 6.54. The summed E-state index contributed by atoms with van der Waals surface area (Å²) in [6, 6.07) is 10.0. The number of amides is 1. The predicted octanol–water partition coefficient (Wildman–Crippen LogP) is 1.07. The van der Waals surface area contributed by atoms with Gasteiger partial charge < -0.3 is 10.6 Å². The number of para-hydroxylation sites is 1. The minimum atomic E-state index is 0.151. The Balaban J connectivity index is 1.98. The maximum Gasteiger partial charge on any atom is 0.241 e. The van der Waals surface area contributed by atoms with E-state index in [2.05, 4.69) is 4.90 Å². The van der Waals surface area contributed by atoms with Crippen molar-refractivity contribution in [3.05, 3.63) is 30.3 Å². The van der Waals surface area contributed by atoms with Crippen LogP contribution in [0.5, 0.6) is 0 Å². The Hall–Kier alpha value is -1.39. The summed E-state index contributed by atoms with van der Waals surface area (Å²) in [5.41, 5.74) is 6.82. The van der Waals surface area contributed by atoms with E-state index in [1.807, 2.05) is 42.2 Å². The van der Waals surface area contributed by atoms with E-state index < -0.39 is 0 Å². The lowest BCUT2D eigenvalue weighted by atomic mass is 10.3. The topological polar surface area (TPSA) is 49.6 Å². The Bertz CT molecular complexity index is 393. The molecule has 0 aromatic heterocycles. The van der Waals surface area contributed by atoms with E-state index in [9.17, 15) is 4.79 Å². The van der Waals surface area contributed by atoms with Crippen LogP contribution in [0.25, 0.3) is 0 Å². The van der Waals surface area contributed by atoms with Gasteiger partial charge in [-0.3, -0.25) is 9.69 Å². The van der Waals surface area contributed by atoms with Gasteiger partial charge in [-0.25, -0.2) is 0 Å². The van der Waals surface area contributed by atoms with Crippen molar-refractivity contribution < 1.29 is 4.79 Å². The largest absolute Gasteiger partial charge is 0.326 e. The van der Waals surface area contributed by atoms with Crippen molar-refractivity contribution in [3.63, 3.8) is 0 Å². The van der Waals surface area contributed by atoms with Crippen LogP contribution >= 0.6 is 0 Å². The van der Waals surface area contributed by atoms with Gasteiger partial charge in [-0.05, 0) is 25.5 Å². The lowest BCUT2D eigenvalue weighted by Gasteiger charge is -2.24. The van der Waals surface area contributed by atoms with E-state index in [4.69, 9.17) is 5.73 Å². The first-order valence-corrected chi connectivity index (χ1v) is 6.54. The van der Waals surface area contributed by atoms with Gasteiger partial charge in [-0.15, -0.1) is 0 Å².